The molecule has 13 heavy (non-hydrogen) atoms. The lowest BCUT2D eigenvalue weighted by atomic mass is 9.95. The number of hydrogen-bond acceptors (Lipinski definition) is 2. The predicted octanol–water partition coefficient (Wildman–Crippen LogP) is 0.840. The molecule has 1 aliphatic heterocycles. The van der Waals surface area contributed by atoms with E-state index in [-0.39, 0.29) is 11.3 Å². The van der Waals surface area contributed by atoms with Crippen molar-refractivity contribution in [1.82, 2.24) is 4.90 Å². The fraction of sp³-hybridized carbons (Fsp3) is 0.900. The minimum atomic E-state index is -0.247. The van der Waals surface area contributed by atoms with Gasteiger partial charge in [0.05, 0.1) is 0 Å². The second-order valence-electron chi connectivity index (χ2n) is 4.89. The first-order valence-electron chi connectivity index (χ1n) is 4.94. The molecule has 0 radical (unpaired) electrons. The third-order valence-electron chi connectivity index (χ3n) is 2.55. The molecule has 1 fully saturated rings. The Labute approximate surface area is 80.3 Å². The van der Waals surface area contributed by atoms with Crippen molar-refractivity contribution in [3.63, 3.8) is 0 Å². The maximum atomic E-state index is 11.8. The Morgan fingerprint density at radius 2 is 2.15 bits per heavy atom. The molecule has 0 bridgehead atoms. The summed E-state index contributed by atoms with van der Waals surface area (Å²) in [4.78, 5) is 13.8. The summed E-state index contributed by atoms with van der Waals surface area (Å²) in [5.41, 5.74) is 5.32. The van der Waals surface area contributed by atoms with Gasteiger partial charge in [-0.3, -0.25) is 4.79 Å². The Bertz CT molecular complexity index is 196. The first-order chi connectivity index (χ1) is 5.95. The number of nitrogens with two attached hydrogens (primary N) is 1. The first-order valence-corrected chi connectivity index (χ1v) is 4.94. The summed E-state index contributed by atoms with van der Waals surface area (Å²) in [6.07, 6.45) is 1.07. The van der Waals surface area contributed by atoms with Crippen LogP contribution in [0.2, 0.25) is 0 Å². The van der Waals surface area contributed by atoms with Crippen molar-refractivity contribution in [2.45, 2.75) is 27.2 Å². The van der Waals surface area contributed by atoms with Crippen molar-refractivity contribution < 1.29 is 4.79 Å². The quantitative estimate of drug-likeness (QED) is 0.656. The van der Waals surface area contributed by atoms with Gasteiger partial charge in [0.1, 0.15) is 0 Å². The lowest BCUT2D eigenvalue weighted by molar-refractivity contribution is -0.138. The monoisotopic (exact) mass is 184 g/mol. The summed E-state index contributed by atoms with van der Waals surface area (Å²) >= 11 is 0. The Balaban J connectivity index is 2.52. The molecule has 1 rings (SSSR count). The second kappa shape index (κ2) is 3.66. The Kier molecular flexibility index (Phi) is 2.96. The minimum Gasteiger partial charge on any atom is -0.342 e. The molecule has 1 saturated heterocycles. The van der Waals surface area contributed by atoms with Crippen LogP contribution in [0.1, 0.15) is 27.2 Å². The van der Waals surface area contributed by atoms with Gasteiger partial charge in [0.2, 0.25) is 5.91 Å². The molecule has 1 amide bonds. The smallest absolute Gasteiger partial charge is 0.227 e. The molecule has 3 heteroatoms. The molecule has 1 unspecified atom stereocenters. The molecule has 2 N–H and O–H groups in total. The van der Waals surface area contributed by atoms with E-state index in [1.54, 1.807) is 0 Å². The molecule has 0 aromatic carbocycles. The fourth-order valence-corrected chi connectivity index (χ4v) is 1.68. The molecular formula is C10H20N2O. The van der Waals surface area contributed by atoms with Crippen molar-refractivity contribution in [3.05, 3.63) is 0 Å². The normalized spacial score (nSPS) is 23.7. The zero-order chi connectivity index (χ0) is 10.1. The van der Waals surface area contributed by atoms with E-state index in [2.05, 4.69) is 0 Å². The Morgan fingerprint density at radius 1 is 1.54 bits per heavy atom. The highest BCUT2D eigenvalue weighted by atomic mass is 16.2. The van der Waals surface area contributed by atoms with Crippen LogP contribution in [0.15, 0.2) is 0 Å². The molecule has 3 nitrogen and oxygen atoms in total. The van der Waals surface area contributed by atoms with Crippen LogP contribution >= 0.6 is 0 Å². The number of rotatable bonds is 1. The van der Waals surface area contributed by atoms with Crippen LogP contribution < -0.4 is 5.73 Å². The average molecular weight is 184 g/mol. The lowest BCUT2D eigenvalue weighted by Gasteiger charge is -2.25. The second-order valence-corrected chi connectivity index (χ2v) is 4.89. The maximum absolute atomic E-state index is 11.8. The molecule has 1 atom stereocenters. The largest absolute Gasteiger partial charge is 0.342 e. The van der Waals surface area contributed by atoms with Crippen LogP contribution in [0.5, 0.6) is 0 Å². The summed E-state index contributed by atoms with van der Waals surface area (Å²) in [6, 6.07) is 0. The standard InChI is InChI=1S/C10H20N2O/c1-10(2,3)9(13)12-5-4-8(6-11)7-12/h8H,4-7,11H2,1-3H3. The maximum Gasteiger partial charge on any atom is 0.227 e. The number of carbonyl (C=O) groups is 1. The van der Waals surface area contributed by atoms with Gasteiger partial charge in [-0.2, -0.15) is 0 Å². The molecule has 76 valence electrons. The number of amides is 1. The molecular weight excluding hydrogens is 164 g/mol. The van der Waals surface area contributed by atoms with Gasteiger partial charge in [-0.25, -0.2) is 0 Å². The van der Waals surface area contributed by atoms with Gasteiger partial charge in [-0.1, -0.05) is 20.8 Å². The summed E-state index contributed by atoms with van der Waals surface area (Å²) in [7, 11) is 0. The van der Waals surface area contributed by atoms with E-state index in [0.717, 1.165) is 19.5 Å². The van der Waals surface area contributed by atoms with E-state index in [1.165, 1.54) is 0 Å². The van der Waals surface area contributed by atoms with Crippen LogP contribution in [0, 0.1) is 11.3 Å². The number of nitrogens with zero attached hydrogens (tertiary/aromatic N) is 1. The molecule has 0 spiro atoms. The predicted molar refractivity (Wildman–Crippen MR) is 53.2 cm³/mol. The summed E-state index contributed by atoms with van der Waals surface area (Å²) < 4.78 is 0. The fourth-order valence-electron chi connectivity index (χ4n) is 1.68. The third kappa shape index (κ3) is 2.44. The van der Waals surface area contributed by atoms with Crippen molar-refractivity contribution in [1.29, 1.82) is 0 Å². The highest BCUT2D eigenvalue weighted by Crippen LogP contribution is 2.23. The van der Waals surface area contributed by atoms with Crippen molar-refractivity contribution in [2.24, 2.45) is 17.1 Å². The highest BCUT2D eigenvalue weighted by molar-refractivity contribution is 5.81. The summed E-state index contributed by atoms with van der Waals surface area (Å²) in [5, 5.41) is 0. The molecule has 0 aliphatic carbocycles. The number of hydrogen-bond donors (Lipinski definition) is 1. The van der Waals surface area contributed by atoms with Gasteiger partial charge in [-0.15, -0.1) is 0 Å². The van der Waals surface area contributed by atoms with E-state index in [9.17, 15) is 4.79 Å². The van der Waals surface area contributed by atoms with Gasteiger partial charge in [-0.05, 0) is 18.9 Å². The first kappa shape index (κ1) is 10.5. The minimum absolute atomic E-state index is 0.247. The summed E-state index contributed by atoms with van der Waals surface area (Å²) in [6.45, 7) is 8.33. The molecule has 0 aromatic heterocycles. The van der Waals surface area contributed by atoms with E-state index < -0.39 is 0 Å². The van der Waals surface area contributed by atoms with Crippen molar-refractivity contribution in [3.8, 4) is 0 Å². The van der Waals surface area contributed by atoms with Gasteiger partial charge in [0.15, 0.2) is 0 Å². The molecule has 1 heterocycles. The van der Waals surface area contributed by atoms with Gasteiger partial charge < -0.3 is 10.6 Å². The zero-order valence-corrected chi connectivity index (χ0v) is 8.84. The topological polar surface area (TPSA) is 46.3 Å². The van der Waals surface area contributed by atoms with Crippen molar-refractivity contribution in [2.75, 3.05) is 19.6 Å². The highest BCUT2D eigenvalue weighted by Gasteiger charge is 2.31. The zero-order valence-electron chi connectivity index (χ0n) is 8.84. The van der Waals surface area contributed by atoms with Crippen molar-refractivity contribution >= 4 is 5.91 Å². The van der Waals surface area contributed by atoms with Crippen LogP contribution in [-0.2, 0) is 4.79 Å². The van der Waals surface area contributed by atoms with Crippen LogP contribution in [0.3, 0.4) is 0 Å². The average Bonchev–Trinajstić information content (AvgIpc) is 2.48. The van der Waals surface area contributed by atoms with Crippen LogP contribution in [0.25, 0.3) is 0 Å². The van der Waals surface area contributed by atoms with E-state index >= 15 is 0 Å². The SMILES string of the molecule is CC(C)(C)C(=O)N1CCC(CN)C1. The Hall–Kier alpha value is -0.570. The van der Waals surface area contributed by atoms with Crippen LogP contribution in [0.4, 0.5) is 0 Å². The molecule has 0 saturated carbocycles. The number of likely N-dealkylation sites (tertiary alicyclic amines) is 1. The molecule has 1 aliphatic rings. The molecule has 0 aromatic rings. The van der Waals surface area contributed by atoms with E-state index in [1.807, 2.05) is 25.7 Å². The number of carbonyl (C=O) groups excluding carboxylic acids is 1. The van der Waals surface area contributed by atoms with Gasteiger partial charge in [0, 0.05) is 18.5 Å². The van der Waals surface area contributed by atoms with Crippen LogP contribution in [-0.4, -0.2) is 30.4 Å². The third-order valence-corrected chi connectivity index (χ3v) is 2.55. The Morgan fingerprint density at radius 3 is 2.54 bits per heavy atom. The van der Waals surface area contributed by atoms with Gasteiger partial charge in [0.25, 0.3) is 0 Å². The summed E-state index contributed by atoms with van der Waals surface area (Å²) in [5.74, 6) is 0.773. The van der Waals surface area contributed by atoms with Gasteiger partial charge >= 0.3 is 0 Å². The van der Waals surface area contributed by atoms with E-state index in [4.69, 9.17) is 5.73 Å². The van der Waals surface area contributed by atoms with E-state index in [0.29, 0.717) is 12.5 Å². The lowest BCUT2D eigenvalue weighted by Crippen LogP contribution is -2.38.